The number of β-amino-alcohol motifs (C(OH)–C–C–N with tert-alkyl or cyclic N) is 1. The van der Waals surface area contributed by atoms with Gasteiger partial charge in [-0.2, -0.15) is 0 Å². The Hall–Kier alpha value is -1.01. The fraction of sp³-hybridized carbons (Fsp3) is 0.625. The molecule has 0 aliphatic carbocycles. The van der Waals surface area contributed by atoms with Gasteiger partial charge in [0.05, 0.1) is 12.7 Å². The normalized spacial score (nSPS) is 22.4. The number of rotatable bonds is 6. The molecule has 2 rings (SSSR count). The van der Waals surface area contributed by atoms with Gasteiger partial charge in [-0.3, -0.25) is 9.80 Å². The van der Waals surface area contributed by atoms with Gasteiger partial charge in [-0.1, -0.05) is 12.1 Å². The van der Waals surface area contributed by atoms with Gasteiger partial charge in [-0.05, 0) is 24.6 Å². The number of hydrogen-bond acceptors (Lipinski definition) is 4. The van der Waals surface area contributed by atoms with Crippen molar-refractivity contribution in [3.05, 3.63) is 35.6 Å². The van der Waals surface area contributed by atoms with E-state index in [0.717, 1.165) is 38.3 Å². The summed E-state index contributed by atoms with van der Waals surface area (Å²) in [4.78, 5) is 4.67. The van der Waals surface area contributed by atoms with E-state index in [1.807, 2.05) is 0 Å². The lowest BCUT2D eigenvalue weighted by atomic mass is 10.1. The topological polar surface area (TPSA) is 35.9 Å². The minimum absolute atomic E-state index is 0.272. The highest BCUT2D eigenvalue weighted by molar-refractivity contribution is 5.18. The molecule has 0 amide bonds. The standard InChI is InChI=1S/C16H25FN2O2/c1-13-11-18(7-8-19(13)9-10-21-2)12-16(20)14-3-5-15(17)6-4-14/h3-6,13,16,20H,7-12H2,1-2H3/t13-,16+/m1/s1. The van der Waals surface area contributed by atoms with E-state index in [-0.39, 0.29) is 5.82 Å². The van der Waals surface area contributed by atoms with Gasteiger partial charge in [-0.15, -0.1) is 0 Å². The Kier molecular flexibility index (Phi) is 6.11. The van der Waals surface area contributed by atoms with E-state index in [9.17, 15) is 9.50 Å². The first kappa shape index (κ1) is 16.4. The van der Waals surface area contributed by atoms with Crippen molar-refractivity contribution >= 4 is 0 Å². The second kappa shape index (κ2) is 7.84. The molecule has 118 valence electrons. The number of methoxy groups -OCH3 is 1. The Balaban J connectivity index is 1.83. The van der Waals surface area contributed by atoms with E-state index in [4.69, 9.17) is 4.74 Å². The highest BCUT2D eigenvalue weighted by atomic mass is 19.1. The van der Waals surface area contributed by atoms with E-state index in [1.54, 1.807) is 19.2 Å². The van der Waals surface area contributed by atoms with Crippen molar-refractivity contribution in [2.24, 2.45) is 0 Å². The zero-order chi connectivity index (χ0) is 15.2. The van der Waals surface area contributed by atoms with Crippen LogP contribution < -0.4 is 0 Å². The van der Waals surface area contributed by atoms with Gasteiger partial charge in [-0.25, -0.2) is 4.39 Å². The largest absolute Gasteiger partial charge is 0.387 e. The highest BCUT2D eigenvalue weighted by Crippen LogP contribution is 2.17. The van der Waals surface area contributed by atoms with E-state index < -0.39 is 6.10 Å². The van der Waals surface area contributed by atoms with Crippen LogP contribution in [0.5, 0.6) is 0 Å². The predicted octanol–water partition coefficient (Wildman–Crippen LogP) is 1.51. The summed E-state index contributed by atoms with van der Waals surface area (Å²) in [6.07, 6.45) is -0.566. The third kappa shape index (κ3) is 4.74. The van der Waals surface area contributed by atoms with Crippen LogP contribution in [0.1, 0.15) is 18.6 Å². The van der Waals surface area contributed by atoms with Gasteiger partial charge in [0.1, 0.15) is 5.82 Å². The molecule has 1 aliphatic rings. The minimum Gasteiger partial charge on any atom is -0.387 e. The molecule has 1 N–H and O–H groups in total. The number of benzene rings is 1. The van der Waals surface area contributed by atoms with Crippen LogP contribution in [-0.2, 0) is 4.74 Å². The summed E-state index contributed by atoms with van der Waals surface area (Å²) in [6, 6.07) is 6.54. The SMILES string of the molecule is COCCN1CCN(C[C@H](O)c2ccc(F)cc2)C[C@H]1C. The maximum Gasteiger partial charge on any atom is 0.123 e. The summed E-state index contributed by atoms with van der Waals surface area (Å²) in [5, 5.41) is 10.3. The van der Waals surface area contributed by atoms with E-state index in [2.05, 4.69) is 16.7 Å². The van der Waals surface area contributed by atoms with Crippen LogP contribution in [-0.4, -0.2) is 67.4 Å². The Morgan fingerprint density at radius 1 is 1.33 bits per heavy atom. The lowest BCUT2D eigenvalue weighted by molar-refractivity contribution is 0.0330. The maximum absolute atomic E-state index is 12.9. The summed E-state index contributed by atoms with van der Waals surface area (Å²) in [6.45, 7) is 7.35. The predicted molar refractivity (Wildman–Crippen MR) is 80.7 cm³/mol. The van der Waals surface area contributed by atoms with Gasteiger partial charge < -0.3 is 9.84 Å². The van der Waals surface area contributed by atoms with Crippen LogP contribution in [0.3, 0.4) is 0 Å². The lowest BCUT2D eigenvalue weighted by Crippen LogP contribution is -2.53. The summed E-state index contributed by atoms with van der Waals surface area (Å²) in [7, 11) is 1.72. The van der Waals surface area contributed by atoms with E-state index in [1.165, 1.54) is 12.1 Å². The first-order chi connectivity index (χ1) is 10.1. The average molecular weight is 296 g/mol. The molecular formula is C16H25FN2O2. The van der Waals surface area contributed by atoms with Gasteiger partial charge in [0.25, 0.3) is 0 Å². The molecule has 1 aromatic carbocycles. The molecule has 0 unspecified atom stereocenters. The second-order valence-electron chi connectivity index (χ2n) is 5.70. The molecule has 1 heterocycles. The molecule has 1 saturated heterocycles. The van der Waals surface area contributed by atoms with Crippen LogP contribution in [0.2, 0.25) is 0 Å². The van der Waals surface area contributed by atoms with Crippen LogP contribution >= 0.6 is 0 Å². The van der Waals surface area contributed by atoms with E-state index >= 15 is 0 Å². The summed E-state index contributed by atoms with van der Waals surface area (Å²) in [5.74, 6) is -0.272. The molecule has 1 aromatic rings. The smallest absolute Gasteiger partial charge is 0.123 e. The number of nitrogens with zero attached hydrogens (tertiary/aromatic N) is 2. The van der Waals surface area contributed by atoms with Crippen LogP contribution in [0.15, 0.2) is 24.3 Å². The summed E-state index contributed by atoms with van der Waals surface area (Å²) >= 11 is 0. The zero-order valence-corrected chi connectivity index (χ0v) is 12.8. The first-order valence-corrected chi connectivity index (χ1v) is 7.49. The van der Waals surface area contributed by atoms with Crippen molar-refractivity contribution in [3.63, 3.8) is 0 Å². The Labute approximate surface area is 126 Å². The molecule has 0 radical (unpaired) electrons. The van der Waals surface area contributed by atoms with Gasteiger partial charge in [0, 0.05) is 45.9 Å². The van der Waals surface area contributed by atoms with Crippen LogP contribution in [0, 0.1) is 5.82 Å². The minimum atomic E-state index is -0.566. The number of piperazine rings is 1. The van der Waals surface area contributed by atoms with Crippen molar-refractivity contribution in [1.82, 2.24) is 9.80 Å². The quantitative estimate of drug-likeness (QED) is 0.863. The number of ether oxygens (including phenoxy) is 1. The van der Waals surface area contributed by atoms with Crippen molar-refractivity contribution in [3.8, 4) is 0 Å². The molecular weight excluding hydrogens is 271 g/mol. The Bertz CT molecular complexity index is 427. The van der Waals surface area contributed by atoms with Crippen LogP contribution in [0.25, 0.3) is 0 Å². The molecule has 2 atom stereocenters. The van der Waals surface area contributed by atoms with Gasteiger partial charge in [0.2, 0.25) is 0 Å². The van der Waals surface area contributed by atoms with Crippen molar-refractivity contribution in [2.45, 2.75) is 19.1 Å². The Morgan fingerprint density at radius 2 is 2.05 bits per heavy atom. The van der Waals surface area contributed by atoms with E-state index in [0.29, 0.717) is 12.6 Å². The summed E-state index contributed by atoms with van der Waals surface area (Å²) in [5.41, 5.74) is 0.769. The molecule has 0 bridgehead atoms. The number of aliphatic hydroxyl groups excluding tert-OH is 1. The molecule has 0 saturated carbocycles. The molecule has 1 aliphatic heterocycles. The molecule has 1 fully saturated rings. The first-order valence-electron chi connectivity index (χ1n) is 7.49. The van der Waals surface area contributed by atoms with Gasteiger partial charge in [0.15, 0.2) is 0 Å². The molecule has 0 aromatic heterocycles. The maximum atomic E-state index is 12.9. The second-order valence-corrected chi connectivity index (χ2v) is 5.70. The molecule has 0 spiro atoms. The average Bonchev–Trinajstić information content (AvgIpc) is 2.47. The molecule has 5 heteroatoms. The molecule has 4 nitrogen and oxygen atoms in total. The fourth-order valence-corrected chi connectivity index (χ4v) is 2.81. The Morgan fingerprint density at radius 3 is 2.67 bits per heavy atom. The highest BCUT2D eigenvalue weighted by Gasteiger charge is 2.24. The monoisotopic (exact) mass is 296 g/mol. The number of halogens is 1. The lowest BCUT2D eigenvalue weighted by Gasteiger charge is -2.40. The number of aliphatic hydroxyl groups is 1. The molecule has 21 heavy (non-hydrogen) atoms. The zero-order valence-electron chi connectivity index (χ0n) is 12.8. The third-order valence-electron chi connectivity index (χ3n) is 4.12. The third-order valence-corrected chi connectivity index (χ3v) is 4.12. The fourth-order valence-electron chi connectivity index (χ4n) is 2.81. The van der Waals surface area contributed by atoms with Gasteiger partial charge >= 0.3 is 0 Å². The summed E-state index contributed by atoms with van der Waals surface area (Å²) < 4.78 is 18.0. The van der Waals surface area contributed by atoms with Crippen molar-refractivity contribution < 1.29 is 14.2 Å². The number of hydrogen-bond donors (Lipinski definition) is 1. The van der Waals surface area contributed by atoms with Crippen molar-refractivity contribution in [2.75, 3.05) is 46.4 Å². The van der Waals surface area contributed by atoms with Crippen LogP contribution in [0.4, 0.5) is 4.39 Å². The van der Waals surface area contributed by atoms with Crippen molar-refractivity contribution in [1.29, 1.82) is 0 Å².